The van der Waals surface area contributed by atoms with Gasteiger partial charge in [-0.1, -0.05) is 41.5 Å². The van der Waals surface area contributed by atoms with Crippen molar-refractivity contribution in [2.75, 3.05) is 6.54 Å². The van der Waals surface area contributed by atoms with Crippen LogP contribution in [0.15, 0.2) is 4.99 Å². The summed E-state index contributed by atoms with van der Waals surface area (Å²) in [5.74, 6) is 0.804. The second-order valence-electron chi connectivity index (χ2n) is 6.99. The molecule has 88 valence electrons. The topological polar surface area (TPSA) is 12.4 Å². The van der Waals surface area contributed by atoms with Crippen molar-refractivity contribution in [1.82, 2.24) is 0 Å². The van der Waals surface area contributed by atoms with E-state index in [4.69, 9.17) is 4.99 Å². The Morgan fingerprint density at radius 3 is 2.13 bits per heavy atom. The minimum Gasteiger partial charge on any atom is -0.294 e. The predicted molar refractivity (Wildman–Crippen MR) is 68.6 cm³/mol. The Labute approximate surface area is 95.4 Å². The van der Waals surface area contributed by atoms with Crippen LogP contribution in [-0.4, -0.2) is 12.3 Å². The summed E-state index contributed by atoms with van der Waals surface area (Å²) in [7, 11) is 0. The minimum atomic E-state index is 0.258. The van der Waals surface area contributed by atoms with Crippen LogP contribution in [0.3, 0.4) is 0 Å². The molecule has 0 bridgehead atoms. The van der Waals surface area contributed by atoms with E-state index in [1.165, 1.54) is 25.0 Å². The zero-order valence-electron chi connectivity index (χ0n) is 11.4. The lowest BCUT2D eigenvalue weighted by Crippen LogP contribution is -2.28. The molecule has 0 N–H and O–H groups in total. The molecule has 1 aliphatic rings. The van der Waals surface area contributed by atoms with Crippen molar-refractivity contribution in [3.63, 3.8) is 0 Å². The molecular formula is C14H27N. The van der Waals surface area contributed by atoms with Crippen molar-refractivity contribution in [1.29, 1.82) is 0 Å². The third-order valence-corrected chi connectivity index (χ3v) is 3.54. The van der Waals surface area contributed by atoms with E-state index in [9.17, 15) is 0 Å². The zero-order valence-corrected chi connectivity index (χ0v) is 11.4. The molecule has 1 heterocycles. The maximum atomic E-state index is 4.77. The van der Waals surface area contributed by atoms with Gasteiger partial charge in [-0.05, 0) is 36.0 Å². The van der Waals surface area contributed by atoms with E-state index >= 15 is 0 Å². The van der Waals surface area contributed by atoms with Crippen LogP contribution in [0.2, 0.25) is 0 Å². The molecule has 0 fully saturated rings. The maximum Gasteiger partial charge on any atom is 0.0389 e. The van der Waals surface area contributed by atoms with Gasteiger partial charge in [-0.3, -0.25) is 4.99 Å². The normalized spacial score (nSPS) is 24.7. The number of hydrogen-bond donors (Lipinski definition) is 0. The molecule has 0 amide bonds. The second-order valence-corrected chi connectivity index (χ2v) is 6.99. The molecule has 0 aromatic rings. The largest absolute Gasteiger partial charge is 0.294 e. The van der Waals surface area contributed by atoms with Crippen LogP contribution in [-0.2, 0) is 0 Å². The van der Waals surface area contributed by atoms with Crippen molar-refractivity contribution in [3.8, 4) is 0 Å². The first kappa shape index (κ1) is 12.7. The third kappa shape index (κ3) is 3.62. The highest BCUT2D eigenvalue weighted by molar-refractivity contribution is 5.89. The Kier molecular flexibility index (Phi) is 3.63. The fourth-order valence-corrected chi connectivity index (χ4v) is 2.23. The van der Waals surface area contributed by atoms with Crippen molar-refractivity contribution >= 4 is 5.71 Å². The molecule has 0 aromatic heterocycles. The Balaban J connectivity index is 2.80. The van der Waals surface area contributed by atoms with Crippen LogP contribution < -0.4 is 0 Å². The van der Waals surface area contributed by atoms with E-state index in [-0.39, 0.29) is 5.41 Å². The first-order chi connectivity index (χ1) is 6.71. The van der Waals surface area contributed by atoms with E-state index < -0.39 is 0 Å². The SMILES string of the molecule is CC(C)(C)C1=NCCCC(C(C)(C)C)C1. The highest BCUT2D eigenvalue weighted by Gasteiger charge is 2.30. The van der Waals surface area contributed by atoms with Crippen LogP contribution >= 0.6 is 0 Å². The van der Waals surface area contributed by atoms with Crippen molar-refractivity contribution in [3.05, 3.63) is 0 Å². The molecular weight excluding hydrogens is 182 g/mol. The fraction of sp³-hybridized carbons (Fsp3) is 0.929. The van der Waals surface area contributed by atoms with E-state index in [0.29, 0.717) is 5.41 Å². The van der Waals surface area contributed by atoms with Gasteiger partial charge in [-0.2, -0.15) is 0 Å². The van der Waals surface area contributed by atoms with E-state index in [0.717, 1.165) is 12.5 Å². The first-order valence-corrected chi connectivity index (χ1v) is 6.25. The molecule has 1 heteroatoms. The molecule has 1 aliphatic heterocycles. The lowest BCUT2D eigenvalue weighted by atomic mass is 9.73. The van der Waals surface area contributed by atoms with Crippen molar-refractivity contribution in [2.45, 2.75) is 60.8 Å². The second kappa shape index (κ2) is 4.27. The number of aliphatic imine (C=N–C) groups is 1. The highest BCUT2D eigenvalue weighted by Crippen LogP contribution is 2.36. The number of hydrogen-bond acceptors (Lipinski definition) is 1. The number of rotatable bonds is 0. The quantitative estimate of drug-likeness (QED) is 0.563. The van der Waals surface area contributed by atoms with Crippen LogP contribution in [0, 0.1) is 16.7 Å². The molecule has 0 aliphatic carbocycles. The lowest BCUT2D eigenvalue weighted by Gasteiger charge is -2.32. The third-order valence-electron chi connectivity index (χ3n) is 3.54. The molecule has 0 saturated heterocycles. The smallest absolute Gasteiger partial charge is 0.0389 e. The molecule has 0 aromatic carbocycles. The van der Waals surface area contributed by atoms with E-state index in [1.54, 1.807) is 0 Å². The van der Waals surface area contributed by atoms with Crippen LogP contribution in [0.5, 0.6) is 0 Å². The van der Waals surface area contributed by atoms with Crippen LogP contribution in [0.4, 0.5) is 0 Å². The van der Waals surface area contributed by atoms with Gasteiger partial charge in [0.1, 0.15) is 0 Å². The molecule has 0 radical (unpaired) electrons. The van der Waals surface area contributed by atoms with E-state index in [1.807, 2.05) is 0 Å². The summed E-state index contributed by atoms with van der Waals surface area (Å²) in [5.41, 5.74) is 2.12. The van der Waals surface area contributed by atoms with Gasteiger partial charge in [-0.15, -0.1) is 0 Å². The standard InChI is InChI=1S/C14H27N/c1-13(2,3)11-8-7-9-15-12(10-11)14(4,5)6/h11H,7-10H2,1-6H3. The Bertz CT molecular complexity index is 237. The minimum absolute atomic E-state index is 0.258. The van der Waals surface area contributed by atoms with Crippen molar-refractivity contribution < 1.29 is 0 Å². The van der Waals surface area contributed by atoms with Gasteiger partial charge in [0.25, 0.3) is 0 Å². The van der Waals surface area contributed by atoms with E-state index in [2.05, 4.69) is 41.5 Å². The Morgan fingerprint density at radius 1 is 1.07 bits per heavy atom. The zero-order chi connectivity index (χ0) is 11.7. The highest BCUT2D eigenvalue weighted by atomic mass is 14.8. The summed E-state index contributed by atoms with van der Waals surface area (Å²) in [6, 6.07) is 0. The number of nitrogens with zero attached hydrogens (tertiary/aromatic N) is 1. The summed E-state index contributed by atoms with van der Waals surface area (Å²) >= 11 is 0. The van der Waals surface area contributed by atoms with Gasteiger partial charge in [0.2, 0.25) is 0 Å². The molecule has 15 heavy (non-hydrogen) atoms. The Hall–Kier alpha value is -0.330. The molecule has 1 rings (SSSR count). The predicted octanol–water partition coefficient (Wildman–Crippen LogP) is 4.32. The van der Waals surface area contributed by atoms with Gasteiger partial charge in [0, 0.05) is 12.3 Å². The lowest BCUT2D eigenvalue weighted by molar-refractivity contribution is 0.230. The van der Waals surface area contributed by atoms with Crippen LogP contribution in [0.1, 0.15) is 60.8 Å². The molecule has 1 atom stereocenters. The first-order valence-electron chi connectivity index (χ1n) is 6.25. The Morgan fingerprint density at radius 2 is 1.67 bits per heavy atom. The fourth-order valence-electron chi connectivity index (χ4n) is 2.23. The summed E-state index contributed by atoms with van der Waals surface area (Å²) in [6.45, 7) is 15.0. The van der Waals surface area contributed by atoms with Crippen LogP contribution in [0.25, 0.3) is 0 Å². The molecule has 0 spiro atoms. The van der Waals surface area contributed by atoms with Crippen molar-refractivity contribution in [2.24, 2.45) is 21.7 Å². The summed E-state index contributed by atoms with van der Waals surface area (Å²) in [5, 5.41) is 0. The monoisotopic (exact) mass is 209 g/mol. The molecule has 0 saturated carbocycles. The van der Waals surface area contributed by atoms with Gasteiger partial charge < -0.3 is 0 Å². The summed E-state index contributed by atoms with van der Waals surface area (Å²) in [4.78, 5) is 4.77. The maximum absolute atomic E-state index is 4.77. The van der Waals surface area contributed by atoms with Gasteiger partial charge in [-0.25, -0.2) is 0 Å². The molecule has 1 nitrogen and oxygen atoms in total. The molecule has 1 unspecified atom stereocenters. The van der Waals surface area contributed by atoms with Gasteiger partial charge >= 0.3 is 0 Å². The summed E-state index contributed by atoms with van der Waals surface area (Å²) < 4.78 is 0. The summed E-state index contributed by atoms with van der Waals surface area (Å²) in [6.07, 6.45) is 3.81. The average molecular weight is 209 g/mol. The average Bonchev–Trinajstić information content (AvgIpc) is 2.24. The van der Waals surface area contributed by atoms with Gasteiger partial charge in [0.15, 0.2) is 0 Å². The van der Waals surface area contributed by atoms with Gasteiger partial charge in [0.05, 0.1) is 0 Å².